The van der Waals surface area contributed by atoms with Crippen molar-refractivity contribution in [1.82, 2.24) is 19.6 Å². The van der Waals surface area contributed by atoms with Crippen molar-refractivity contribution in [1.29, 1.82) is 0 Å². The smallest absolute Gasteiger partial charge is 0.254 e. The van der Waals surface area contributed by atoms with E-state index in [1.165, 1.54) is 22.2 Å². The lowest BCUT2D eigenvalue weighted by Gasteiger charge is -2.07. The maximum absolute atomic E-state index is 12.1. The molecule has 1 amide bonds. The van der Waals surface area contributed by atoms with Gasteiger partial charge in [0.25, 0.3) is 5.56 Å². The number of nitrogen functional groups attached to an aromatic ring is 1. The molecule has 3 aromatic rings. The van der Waals surface area contributed by atoms with Crippen molar-refractivity contribution < 1.29 is 9.53 Å². The summed E-state index contributed by atoms with van der Waals surface area (Å²) in [6, 6.07) is 8.34. The zero-order valence-corrected chi connectivity index (χ0v) is 14.2. The van der Waals surface area contributed by atoms with Gasteiger partial charge in [-0.1, -0.05) is 11.8 Å². The minimum Gasteiger partial charge on any atom is -0.494 e. The van der Waals surface area contributed by atoms with Gasteiger partial charge in [-0.05, 0) is 31.2 Å². The second-order valence-electron chi connectivity index (χ2n) is 4.99. The molecule has 0 aliphatic rings. The summed E-state index contributed by atoms with van der Waals surface area (Å²) in [6.45, 7) is 2.49. The molecule has 3 rings (SSSR count). The number of anilines is 2. The number of nitrogens with zero attached hydrogens (tertiary/aromatic N) is 3. The number of hydrogen-bond donors (Lipinski definition) is 3. The number of rotatable bonds is 6. The van der Waals surface area contributed by atoms with Crippen LogP contribution >= 0.6 is 11.8 Å². The predicted octanol–water partition coefficient (Wildman–Crippen LogP) is 1.13. The number of thioether (sulfide) groups is 1. The Morgan fingerprint density at radius 3 is 2.84 bits per heavy atom. The first-order valence-electron chi connectivity index (χ1n) is 7.46. The van der Waals surface area contributed by atoms with E-state index < -0.39 is 0 Å². The van der Waals surface area contributed by atoms with Crippen LogP contribution in [0.2, 0.25) is 0 Å². The van der Waals surface area contributed by atoms with Crippen LogP contribution in [0.4, 0.5) is 11.5 Å². The lowest BCUT2D eigenvalue weighted by Crippen LogP contribution is -2.15. The highest BCUT2D eigenvalue weighted by atomic mass is 32.2. The molecule has 2 aromatic heterocycles. The summed E-state index contributed by atoms with van der Waals surface area (Å²) in [7, 11) is 0. The van der Waals surface area contributed by atoms with E-state index >= 15 is 0 Å². The topological polar surface area (TPSA) is 127 Å². The lowest BCUT2D eigenvalue weighted by molar-refractivity contribution is -0.113. The monoisotopic (exact) mass is 360 g/mol. The zero-order valence-electron chi connectivity index (χ0n) is 13.4. The molecule has 0 aliphatic heterocycles. The summed E-state index contributed by atoms with van der Waals surface area (Å²) < 4.78 is 6.83. The average Bonchev–Trinajstić information content (AvgIpc) is 2.98. The van der Waals surface area contributed by atoms with Crippen LogP contribution in [-0.2, 0) is 4.79 Å². The Bertz CT molecular complexity index is 950. The molecule has 0 saturated carbocycles. The number of carbonyl (C=O) groups excluding carboxylic acids is 1. The minimum absolute atomic E-state index is 0.118. The van der Waals surface area contributed by atoms with Crippen LogP contribution < -0.4 is 21.3 Å². The normalized spacial score (nSPS) is 10.8. The number of amides is 1. The van der Waals surface area contributed by atoms with E-state index in [4.69, 9.17) is 10.5 Å². The molecule has 0 aliphatic carbocycles. The second-order valence-corrected chi connectivity index (χ2v) is 5.94. The number of aromatic nitrogens is 4. The Balaban J connectivity index is 1.63. The molecule has 2 heterocycles. The molecule has 0 spiro atoms. The SMILES string of the molecule is CCOc1ccc(NC(=O)CSc2nnc3[nH]c(=O)cc(N)n23)cc1. The molecule has 0 atom stereocenters. The highest BCUT2D eigenvalue weighted by Gasteiger charge is 2.12. The summed E-state index contributed by atoms with van der Waals surface area (Å²) >= 11 is 1.17. The lowest BCUT2D eigenvalue weighted by atomic mass is 10.3. The van der Waals surface area contributed by atoms with Crippen LogP contribution in [0.3, 0.4) is 0 Å². The fourth-order valence-electron chi connectivity index (χ4n) is 2.15. The van der Waals surface area contributed by atoms with Gasteiger partial charge in [0, 0.05) is 11.8 Å². The molecule has 130 valence electrons. The molecule has 1 aromatic carbocycles. The zero-order chi connectivity index (χ0) is 17.8. The molecule has 0 unspecified atom stereocenters. The molecule has 0 fully saturated rings. The van der Waals surface area contributed by atoms with Crippen LogP contribution in [0.5, 0.6) is 5.75 Å². The molecular weight excluding hydrogens is 344 g/mol. The van der Waals surface area contributed by atoms with Crippen molar-refractivity contribution in [2.24, 2.45) is 0 Å². The highest BCUT2D eigenvalue weighted by Crippen LogP contribution is 2.19. The van der Waals surface area contributed by atoms with E-state index in [1.54, 1.807) is 24.3 Å². The van der Waals surface area contributed by atoms with Gasteiger partial charge in [0.2, 0.25) is 11.7 Å². The summed E-state index contributed by atoms with van der Waals surface area (Å²) in [4.78, 5) is 26.0. The van der Waals surface area contributed by atoms with Crippen LogP contribution in [0, 0.1) is 0 Å². The van der Waals surface area contributed by atoms with E-state index in [0.29, 0.717) is 17.5 Å². The van der Waals surface area contributed by atoms with E-state index in [0.717, 1.165) is 5.75 Å². The Labute approximate surface area is 146 Å². The number of carbonyl (C=O) groups is 1. The summed E-state index contributed by atoms with van der Waals surface area (Å²) in [5.74, 6) is 1.10. The van der Waals surface area contributed by atoms with Crippen LogP contribution in [-0.4, -0.2) is 37.8 Å². The number of hydrogen-bond acceptors (Lipinski definition) is 7. The minimum atomic E-state index is -0.359. The summed E-state index contributed by atoms with van der Waals surface area (Å²) in [5, 5.41) is 11.0. The van der Waals surface area contributed by atoms with E-state index in [1.807, 2.05) is 6.92 Å². The van der Waals surface area contributed by atoms with Crippen LogP contribution in [0.15, 0.2) is 40.3 Å². The van der Waals surface area contributed by atoms with Gasteiger partial charge in [-0.15, -0.1) is 10.2 Å². The third-order valence-electron chi connectivity index (χ3n) is 3.19. The fourth-order valence-corrected chi connectivity index (χ4v) is 2.90. The Hall–Kier alpha value is -3.01. The van der Waals surface area contributed by atoms with Crippen molar-refractivity contribution in [2.75, 3.05) is 23.4 Å². The largest absolute Gasteiger partial charge is 0.494 e. The number of fused-ring (bicyclic) bond motifs is 1. The summed E-state index contributed by atoms with van der Waals surface area (Å²) in [5.41, 5.74) is 6.12. The summed E-state index contributed by atoms with van der Waals surface area (Å²) in [6.07, 6.45) is 0. The van der Waals surface area contributed by atoms with Crippen molar-refractivity contribution in [3.8, 4) is 5.75 Å². The van der Waals surface area contributed by atoms with Gasteiger partial charge in [0.15, 0.2) is 5.16 Å². The van der Waals surface area contributed by atoms with Gasteiger partial charge >= 0.3 is 0 Å². The number of aromatic amines is 1. The van der Waals surface area contributed by atoms with Gasteiger partial charge in [-0.2, -0.15) is 0 Å². The standard InChI is InChI=1S/C15H16N6O3S/c1-2-24-10-5-3-9(4-6-10)17-13(23)8-25-15-20-19-14-18-12(22)7-11(16)21(14)15/h3-7H,2,8,16H2,1H3,(H,17,23)(H,18,19,22). The van der Waals surface area contributed by atoms with E-state index in [2.05, 4.69) is 20.5 Å². The van der Waals surface area contributed by atoms with Gasteiger partial charge in [0.1, 0.15) is 11.6 Å². The third-order valence-corrected chi connectivity index (χ3v) is 4.12. The van der Waals surface area contributed by atoms with Gasteiger partial charge in [-0.3, -0.25) is 14.6 Å². The highest BCUT2D eigenvalue weighted by molar-refractivity contribution is 7.99. The maximum atomic E-state index is 12.1. The second kappa shape index (κ2) is 7.26. The molecule has 25 heavy (non-hydrogen) atoms. The Kier molecular flexibility index (Phi) is 4.89. The first-order chi connectivity index (χ1) is 12.1. The number of ether oxygens (including phenoxy) is 1. The molecule has 9 nitrogen and oxygen atoms in total. The van der Waals surface area contributed by atoms with Gasteiger partial charge in [0.05, 0.1) is 12.4 Å². The number of nitrogens with one attached hydrogen (secondary N) is 2. The quantitative estimate of drug-likeness (QED) is 0.562. The third kappa shape index (κ3) is 3.91. The van der Waals surface area contributed by atoms with Crippen molar-refractivity contribution >= 4 is 35.0 Å². The molecule has 0 bridgehead atoms. The Morgan fingerprint density at radius 1 is 1.36 bits per heavy atom. The number of H-pyrrole nitrogens is 1. The molecule has 10 heteroatoms. The van der Waals surface area contributed by atoms with E-state index in [-0.39, 0.29) is 28.8 Å². The predicted molar refractivity (Wildman–Crippen MR) is 95.0 cm³/mol. The molecule has 0 radical (unpaired) electrons. The van der Waals surface area contributed by atoms with Crippen LogP contribution in [0.1, 0.15) is 6.92 Å². The number of nitrogens with two attached hydrogens (primary N) is 1. The molecule has 0 saturated heterocycles. The van der Waals surface area contributed by atoms with Crippen LogP contribution in [0.25, 0.3) is 5.78 Å². The van der Waals surface area contributed by atoms with Gasteiger partial charge in [-0.25, -0.2) is 4.40 Å². The fraction of sp³-hybridized carbons (Fsp3) is 0.200. The maximum Gasteiger partial charge on any atom is 0.254 e. The van der Waals surface area contributed by atoms with Gasteiger partial charge < -0.3 is 15.8 Å². The number of benzene rings is 1. The molecule has 4 N–H and O–H groups in total. The van der Waals surface area contributed by atoms with Crippen molar-refractivity contribution in [3.63, 3.8) is 0 Å². The Morgan fingerprint density at radius 2 is 2.12 bits per heavy atom. The molecular formula is C15H16N6O3S. The first-order valence-corrected chi connectivity index (χ1v) is 8.45. The van der Waals surface area contributed by atoms with E-state index in [9.17, 15) is 9.59 Å². The average molecular weight is 360 g/mol. The first kappa shape index (κ1) is 16.8. The van der Waals surface area contributed by atoms with Crippen molar-refractivity contribution in [2.45, 2.75) is 12.1 Å². The van der Waals surface area contributed by atoms with Crippen molar-refractivity contribution in [3.05, 3.63) is 40.7 Å².